The first-order valence-corrected chi connectivity index (χ1v) is 10.7. The van der Waals surface area contributed by atoms with Gasteiger partial charge in [-0.1, -0.05) is 6.92 Å². The molecule has 0 spiro atoms. The molecule has 0 saturated carbocycles. The van der Waals surface area contributed by atoms with Crippen molar-refractivity contribution < 1.29 is 42.9 Å². The average Bonchev–Trinajstić information content (AvgIpc) is 2.63. The topological polar surface area (TPSA) is 126 Å². The van der Waals surface area contributed by atoms with Crippen molar-refractivity contribution in [2.45, 2.75) is 76.9 Å². The van der Waals surface area contributed by atoms with E-state index in [2.05, 4.69) is 5.32 Å². The zero-order chi connectivity index (χ0) is 22.8. The Balaban J connectivity index is 3.01. The van der Waals surface area contributed by atoms with Crippen LogP contribution in [0.25, 0.3) is 0 Å². The monoisotopic (exact) mass is 449 g/mol. The van der Waals surface area contributed by atoms with Crippen molar-refractivity contribution >= 4 is 35.6 Å². The second-order valence-electron chi connectivity index (χ2n) is 6.70. The first kappa shape index (κ1) is 26.2. The Hall–Kier alpha value is -1.85. The van der Waals surface area contributed by atoms with Crippen molar-refractivity contribution in [2.75, 3.05) is 19.5 Å². The molecule has 1 aliphatic rings. The molecule has 11 heteroatoms. The fourth-order valence-corrected chi connectivity index (χ4v) is 4.12. The summed E-state index contributed by atoms with van der Waals surface area (Å²) in [5, 5.41) is 2.75. The Morgan fingerprint density at radius 2 is 1.73 bits per heavy atom. The van der Waals surface area contributed by atoms with Gasteiger partial charge in [-0.05, 0) is 12.7 Å². The zero-order valence-corrected chi connectivity index (χ0v) is 19.0. The summed E-state index contributed by atoms with van der Waals surface area (Å²) >= 11 is 1.50. The number of methoxy groups -OCH3 is 1. The van der Waals surface area contributed by atoms with Gasteiger partial charge in [0, 0.05) is 34.3 Å². The van der Waals surface area contributed by atoms with Crippen LogP contribution in [-0.4, -0.2) is 79.2 Å². The maximum Gasteiger partial charge on any atom is 0.303 e. The summed E-state index contributed by atoms with van der Waals surface area (Å²) in [6.45, 7) is 7.30. The van der Waals surface area contributed by atoms with Crippen molar-refractivity contribution in [3.63, 3.8) is 0 Å². The van der Waals surface area contributed by atoms with Gasteiger partial charge in [-0.3, -0.25) is 19.2 Å². The molecule has 1 aliphatic heterocycles. The Morgan fingerprint density at radius 3 is 2.23 bits per heavy atom. The van der Waals surface area contributed by atoms with E-state index in [1.54, 1.807) is 6.92 Å². The SMILES string of the molecule is CCS[C@@H]1O[C@H](C)[C@@H](NC(=O)C(CCOC(C)=O)OC(C)=O)[C@H](OC(C)=O)[C@@H]1OC. The predicted molar refractivity (Wildman–Crippen MR) is 108 cm³/mol. The van der Waals surface area contributed by atoms with Crippen LogP contribution in [0.5, 0.6) is 0 Å². The molecule has 1 unspecified atom stereocenters. The van der Waals surface area contributed by atoms with Gasteiger partial charge in [-0.15, -0.1) is 11.8 Å². The molecular weight excluding hydrogens is 418 g/mol. The summed E-state index contributed by atoms with van der Waals surface area (Å²) in [6, 6.07) is -0.744. The zero-order valence-electron chi connectivity index (χ0n) is 18.2. The van der Waals surface area contributed by atoms with Crippen LogP contribution in [0.15, 0.2) is 0 Å². The highest BCUT2D eigenvalue weighted by molar-refractivity contribution is 7.99. The lowest BCUT2D eigenvalue weighted by molar-refractivity contribution is -0.190. The normalized spacial score (nSPS) is 26.9. The van der Waals surface area contributed by atoms with Crippen LogP contribution in [0.2, 0.25) is 0 Å². The molecule has 1 fully saturated rings. The van der Waals surface area contributed by atoms with Gasteiger partial charge in [0.15, 0.2) is 12.2 Å². The highest BCUT2D eigenvalue weighted by Gasteiger charge is 2.48. The summed E-state index contributed by atoms with van der Waals surface area (Å²) in [6.07, 6.45) is -3.15. The van der Waals surface area contributed by atoms with E-state index in [1.165, 1.54) is 39.6 Å². The summed E-state index contributed by atoms with van der Waals surface area (Å²) in [5.74, 6) is -1.56. The van der Waals surface area contributed by atoms with E-state index in [9.17, 15) is 19.2 Å². The highest BCUT2D eigenvalue weighted by atomic mass is 32.2. The van der Waals surface area contributed by atoms with Crippen molar-refractivity contribution in [3.05, 3.63) is 0 Å². The standard InChI is InChI=1S/C19H31NO9S/c1-7-30-19-17(25-6)16(29-13(5)23)15(10(2)27-19)20-18(24)14(28-12(4)22)8-9-26-11(3)21/h10,14-17,19H,7-9H2,1-6H3,(H,20,24)/t10-,14?,15-,16+,17+,19+/m1/s1. The first-order chi connectivity index (χ1) is 14.1. The maximum absolute atomic E-state index is 12.8. The largest absolute Gasteiger partial charge is 0.466 e. The van der Waals surface area contributed by atoms with Gasteiger partial charge in [-0.25, -0.2) is 0 Å². The number of hydrogen-bond acceptors (Lipinski definition) is 10. The lowest BCUT2D eigenvalue weighted by Gasteiger charge is -2.44. The highest BCUT2D eigenvalue weighted by Crippen LogP contribution is 2.32. The van der Waals surface area contributed by atoms with Crippen LogP contribution >= 0.6 is 11.8 Å². The lowest BCUT2D eigenvalue weighted by Crippen LogP contribution is -2.64. The van der Waals surface area contributed by atoms with Crippen molar-refractivity contribution in [2.24, 2.45) is 0 Å². The number of nitrogens with one attached hydrogen (secondary N) is 1. The predicted octanol–water partition coefficient (Wildman–Crippen LogP) is 0.801. The molecule has 1 heterocycles. The minimum atomic E-state index is -1.18. The minimum absolute atomic E-state index is 0.0206. The number of carbonyl (C=O) groups is 4. The number of ether oxygens (including phenoxy) is 5. The van der Waals surface area contributed by atoms with Gasteiger partial charge in [0.1, 0.15) is 11.5 Å². The van der Waals surface area contributed by atoms with Crippen molar-refractivity contribution in [1.29, 1.82) is 0 Å². The Morgan fingerprint density at radius 1 is 1.07 bits per heavy atom. The Labute approximate surface area is 180 Å². The van der Waals surface area contributed by atoms with E-state index in [0.717, 1.165) is 5.75 Å². The second kappa shape index (κ2) is 12.8. The average molecular weight is 450 g/mol. The van der Waals surface area contributed by atoms with Crippen LogP contribution < -0.4 is 5.32 Å². The summed E-state index contributed by atoms with van der Waals surface area (Å²) in [5.41, 5.74) is -0.388. The number of amides is 1. The van der Waals surface area contributed by atoms with E-state index in [-0.39, 0.29) is 18.5 Å². The molecule has 0 aromatic carbocycles. The van der Waals surface area contributed by atoms with Crippen molar-refractivity contribution in [3.8, 4) is 0 Å². The summed E-state index contributed by atoms with van der Waals surface area (Å²) in [4.78, 5) is 46.9. The fraction of sp³-hybridized carbons (Fsp3) is 0.789. The number of hydrogen-bond donors (Lipinski definition) is 1. The van der Waals surface area contributed by atoms with E-state index < -0.39 is 54.3 Å². The molecule has 1 saturated heterocycles. The van der Waals surface area contributed by atoms with E-state index >= 15 is 0 Å². The third-order valence-electron chi connectivity index (χ3n) is 4.30. The molecular formula is C19H31NO9S. The molecule has 0 aromatic heterocycles. The third kappa shape index (κ3) is 8.11. The quantitative estimate of drug-likeness (QED) is 0.378. The fourth-order valence-electron chi connectivity index (χ4n) is 3.09. The lowest BCUT2D eigenvalue weighted by atomic mass is 9.97. The molecule has 172 valence electrons. The summed E-state index contributed by atoms with van der Waals surface area (Å²) < 4.78 is 26.9. The van der Waals surface area contributed by atoms with Crippen LogP contribution in [0.4, 0.5) is 0 Å². The molecule has 30 heavy (non-hydrogen) atoms. The first-order valence-electron chi connectivity index (χ1n) is 9.68. The molecule has 1 amide bonds. The molecule has 0 aromatic rings. The maximum atomic E-state index is 12.8. The summed E-state index contributed by atoms with van der Waals surface area (Å²) in [7, 11) is 1.48. The number of rotatable bonds is 10. The van der Waals surface area contributed by atoms with E-state index in [1.807, 2.05) is 6.92 Å². The minimum Gasteiger partial charge on any atom is -0.466 e. The molecule has 1 N–H and O–H groups in total. The molecule has 6 atom stereocenters. The number of carbonyl (C=O) groups excluding carboxylic acids is 4. The van der Waals surface area contributed by atoms with E-state index in [4.69, 9.17) is 23.7 Å². The van der Waals surface area contributed by atoms with Crippen molar-refractivity contribution in [1.82, 2.24) is 5.32 Å². The molecule has 0 radical (unpaired) electrons. The molecule has 10 nitrogen and oxygen atoms in total. The third-order valence-corrected chi connectivity index (χ3v) is 5.34. The molecule has 0 aliphatic carbocycles. The van der Waals surface area contributed by atoms with Gasteiger partial charge in [0.05, 0.1) is 18.8 Å². The molecule has 1 rings (SSSR count). The van der Waals surface area contributed by atoms with Crippen LogP contribution in [-0.2, 0) is 42.9 Å². The molecule has 0 bridgehead atoms. The van der Waals surface area contributed by atoms with Gasteiger partial charge in [-0.2, -0.15) is 0 Å². The van der Waals surface area contributed by atoms with Gasteiger partial charge in [0.25, 0.3) is 5.91 Å². The second-order valence-corrected chi connectivity index (χ2v) is 8.08. The van der Waals surface area contributed by atoms with Crippen LogP contribution in [0.1, 0.15) is 41.0 Å². The Kier molecular flexibility index (Phi) is 11.1. The van der Waals surface area contributed by atoms with Gasteiger partial charge < -0.3 is 29.0 Å². The smallest absolute Gasteiger partial charge is 0.303 e. The number of thioether (sulfide) groups is 1. The van der Waals surface area contributed by atoms with E-state index in [0.29, 0.717) is 0 Å². The van der Waals surface area contributed by atoms with Gasteiger partial charge in [0.2, 0.25) is 0 Å². The van der Waals surface area contributed by atoms with Gasteiger partial charge >= 0.3 is 17.9 Å². The number of esters is 3. The van der Waals surface area contributed by atoms with Crippen LogP contribution in [0.3, 0.4) is 0 Å². The Bertz CT molecular complexity index is 615. The van der Waals surface area contributed by atoms with Crippen LogP contribution in [0, 0.1) is 0 Å².